The fraction of sp³-hybridized carbons (Fsp3) is 0.333. The smallest absolute Gasteiger partial charge is 0.0453 e. The minimum atomic E-state index is 0.906. The van der Waals surface area contributed by atoms with E-state index in [0.29, 0.717) is 0 Å². The average Bonchev–Trinajstić information content (AvgIpc) is 2.45. The number of anilines is 2. The molecule has 0 aliphatic heterocycles. The molecule has 0 aliphatic rings. The topological polar surface area (TPSA) is 15.3 Å². The maximum Gasteiger partial charge on any atom is 0.0453 e. The summed E-state index contributed by atoms with van der Waals surface area (Å²) in [5, 5.41) is 3.42. The molecular formula is C18H24N2. The molecule has 2 aromatic carbocycles. The molecule has 0 aliphatic carbocycles. The first-order chi connectivity index (χ1) is 9.61. The van der Waals surface area contributed by atoms with Crippen molar-refractivity contribution >= 4 is 11.4 Å². The lowest BCUT2D eigenvalue weighted by molar-refractivity contribution is 0.726. The molecule has 106 valence electrons. The van der Waals surface area contributed by atoms with E-state index in [9.17, 15) is 0 Å². The summed E-state index contributed by atoms with van der Waals surface area (Å²) >= 11 is 0. The Morgan fingerprint density at radius 1 is 0.950 bits per heavy atom. The molecule has 0 unspecified atom stereocenters. The van der Waals surface area contributed by atoms with Crippen LogP contribution in [0.15, 0.2) is 42.5 Å². The summed E-state index contributed by atoms with van der Waals surface area (Å²) in [6.45, 7) is 8.29. The van der Waals surface area contributed by atoms with Crippen molar-refractivity contribution < 1.29 is 0 Å². The number of aryl methyl sites for hydroxylation is 2. The Balaban J connectivity index is 2.32. The van der Waals surface area contributed by atoms with Crippen LogP contribution in [0.1, 0.15) is 23.6 Å². The van der Waals surface area contributed by atoms with E-state index >= 15 is 0 Å². The molecule has 0 fully saturated rings. The van der Waals surface area contributed by atoms with Crippen LogP contribution in [0.4, 0.5) is 11.4 Å². The zero-order valence-electron chi connectivity index (χ0n) is 12.9. The lowest BCUT2D eigenvalue weighted by Crippen LogP contribution is -2.17. The third-order valence-electron chi connectivity index (χ3n) is 3.58. The summed E-state index contributed by atoms with van der Waals surface area (Å²) in [5.41, 5.74) is 6.42. The third kappa shape index (κ3) is 3.40. The van der Waals surface area contributed by atoms with E-state index < -0.39 is 0 Å². The van der Waals surface area contributed by atoms with Gasteiger partial charge in [-0.2, -0.15) is 0 Å². The van der Waals surface area contributed by atoms with Crippen molar-refractivity contribution in [3.63, 3.8) is 0 Å². The molecule has 0 atom stereocenters. The van der Waals surface area contributed by atoms with Crippen LogP contribution in [0.5, 0.6) is 0 Å². The molecule has 20 heavy (non-hydrogen) atoms. The molecule has 0 saturated heterocycles. The van der Waals surface area contributed by atoms with E-state index in [0.717, 1.165) is 13.1 Å². The summed E-state index contributed by atoms with van der Waals surface area (Å²) in [7, 11) is 2.13. The van der Waals surface area contributed by atoms with E-state index in [1.54, 1.807) is 0 Å². The van der Waals surface area contributed by atoms with Gasteiger partial charge in [0.1, 0.15) is 0 Å². The first-order valence-corrected chi connectivity index (χ1v) is 7.22. The first-order valence-electron chi connectivity index (χ1n) is 7.22. The van der Waals surface area contributed by atoms with Gasteiger partial charge in [0.15, 0.2) is 0 Å². The highest BCUT2D eigenvalue weighted by Crippen LogP contribution is 2.28. The average molecular weight is 268 g/mol. The molecule has 0 aromatic heterocycles. The van der Waals surface area contributed by atoms with Crippen molar-refractivity contribution in [3.8, 4) is 0 Å². The van der Waals surface area contributed by atoms with Crippen molar-refractivity contribution in [2.75, 3.05) is 18.5 Å². The molecule has 0 amide bonds. The Morgan fingerprint density at radius 3 is 2.25 bits per heavy atom. The first kappa shape index (κ1) is 14.6. The minimum absolute atomic E-state index is 0.906. The van der Waals surface area contributed by atoms with Crippen molar-refractivity contribution in [1.82, 2.24) is 5.32 Å². The molecule has 2 nitrogen and oxygen atoms in total. The number of hydrogen-bond acceptors (Lipinski definition) is 2. The number of rotatable bonds is 5. The van der Waals surface area contributed by atoms with Crippen LogP contribution in [0.2, 0.25) is 0 Å². The molecule has 0 saturated carbocycles. The molecule has 0 spiro atoms. The zero-order valence-corrected chi connectivity index (χ0v) is 12.9. The maximum absolute atomic E-state index is 3.42. The quantitative estimate of drug-likeness (QED) is 0.875. The van der Waals surface area contributed by atoms with Gasteiger partial charge in [0, 0.05) is 25.0 Å². The normalized spacial score (nSPS) is 10.6. The van der Waals surface area contributed by atoms with Crippen LogP contribution in [0, 0.1) is 13.8 Å². The number of nitrogens with zero attached hydrogens (tertiary/aromatic N) is 1. The Morgan fingerprint density at radius 2 is 1.60 bits per heavy atom. The Labute approximate surface area is 122 Å². The third-order valence-corrected chi connectivity index (χ3v) is 3.58. The highest BCUT2D eigenvalue weighted by molar-refractivity contribution is 5.66. The predicted octanol–water partition coefficient (Wildman–Crippen LogP) is 4.18. The van der Waals surface area contributed by atoms with Gasteiger partial charge in [-0.25, -0.2) is 0 Å². The highest BCUT2D eigenvalue weighted by Gasteiger charge is 2.09. The fourth-order valence-electron chi connectivity index (χ4n) is 2.35. The van der Waals surface area contributed by atoms with Gasteiger partial charge in [-0.3, -0.25) is 0 Å². The summed E-state index contributed by atoms with van der Waals surface area (Å²) < 4.78 is 0. The molecule has 0 heterocycles. The Hall–Kier alpha value is -1.80. The lowest BCUT2D eigenvalue weighted by Gasteiger charge is -2.23. The van der Waals surface area contributed by atoms with E-state index in [2.05, 4.69) is 80.5 Å². The van der Waals surface area contributed by atoms with Gasteiger partial charge in [-0.05, 0) is 44.2 Å². The van der Waals surface area contributed by atoms with Crippen molar-refractivity contribution in [1.29, 1.82) is 0 Å². The van der Waals surface area contributed by atoms with Gasteiger partial charge >= 0.3 is 0 Å². The molecule has 2 heteroatoms. The van der Waals surface area contributed by atoms with Crippen molar-refractivity contribution in [2.24, 2.45) is 0 Å². The van der Waals surface area contributed by atoms with E-state index in [1.807, 2.05) is 0 Å². The molecule has 1 N–H and O–H groups in total. The summed E-state index contributed by atoms with van der Waals surface area (Å²) in [4.78, 5) is 2.26. The Bertz CT molecular complexity index is 558. The number of benzene rings is 2. The van der Waals surface area contributed by atoms with Gasteiger partial charge in [0.25, 0.3) is 0 Å². The van der Waals surface area contributed by atoms with Crippen LogP contribution in [0.3, 0.4) is 0 Å². The van der Waals surface area contributed by atoms with Crippen molar-refractivity contribution in [2.45, 2.75) is 27.3 Å². The standard InChI is InChI=1S/C18H24N2/c1-5-19-13-16-12-15(3)8-11-18(16)20(4)17-9-6-14(2)7-10-17/h6-12,19H,5,13H2,1-4H3. The van der Waals surface area contributed by atoms with Crippen LogP contribution in [-0.2, 0) is 6.54 Å². The van der Waals surface area contributed by atoms with E-state index in [1.165, 1.54) is 28.1 Å². The number of nitrogens with one attached hydrogen (secondary N) is 1. The second kappa shape index (κ2) is 6.58. The fourth-order valence-corrected chi connectivity index (χ4v) is 2.35. The summed E-state index contributed by atoms with van der Waals surface area (Å²) in [6, 6.07) is 15.3. The molecule has 0 bridgehead atoms. The second-order valence-corrected chi connectivity index (χ2v) is 5.31. The van der Waals surface area contributed by atoms with Gasteiger partial charge in [-0.1, -0.05) is 42.3 Å². The highest BCUT2D eigenvalue weighted by atomic mass is 15.1. The SMILES string of the molecule is CCNCc1cc(C)ccc1N(C)c1ccc(C)cc1. The number of hydrogen-bond donors (Lipinski definition) is 1. The summed E-state index contributed by atoms with van der Waals surface area (Å²) in [6.07, 6.45) is 0. The Kier molecular flexibility index (Phi) is 4.80. The largest absolute Gasteiger partial charge is 0.344 e. The van der Waals surface area contributed by atoms with Crippen molar-refractivity contribution in [3.05, 3.63) is 59.2 Å². The van der Waals surface area contributed by atoms with Crippen LogP contribution in [-0.4, -0.2) is 13.6 Å². The van der Waals surface area contributed by atoms with Gasteiger partial charge < -0.3 is 10.2 Å². The minimum Gasteiger partial charge on any atom is -0.344 e. The van der Waals surface area contributed by atoms with E-state index in [4.69, 9.17) is 0 Å². The van der Waals surface area contributed by atoms with Gasteiger partial charge in [0.05, 0.1) is 0 Å². The zero-order chi connectivity index (χ0) is 14.5. The maximum atomic E-state index is 3.42. The van der Waals surface area contributed by atoms with E-state index in [-0.39, 0.29) is 0 Å². The monoisotopic (exact) mass is 268 g/mol. The summed E-state index contributed by atoms with van der Waals surface area (Å²) in [5.74, 6) is 0. The predicted molar refractivity (Wildman–Crippen MR) is 87.8 cm³/mol. The molecule has 2 rings (SSSR count). The molecule has 0 radical (unpaired) electrons. The van der Waals surface area contributed by atoms with Gasteiger partial charge in [-0.15, -0.1) is 0 Å². The second-order valence-electron chi connectivity index (χ2n) is 5.31. The van der Waals surface area contributed by atoms with Crippen LogP contribution >= 0.6 is 0 Å². The lowest BCUT2D eigenvalue weighted by atomic mass is 10.1. The van der Waals surface area contributed by atoms with Crippen LogP contribution < -0.4 is 10.2 Å². The molecular weight excluding hydrogens is 244 g/mol. The molecule has 2 aromatic rings. The van der Waals surface area contributed by atoms with Crippen LogP contribution in [0.25, 0.3) is 0 Å². The van der Waals surface area contributed by atoms with Gasteiger partial charge in [0.2, 0.25) is 0 Å².